The molecule has 2 rings (SSSR count). The van der Waals surface area contributed by atoms with Crippen LogP contribution in [0.3, 0.4) is 0 Å². The Morgan fingerprint density at radius 1 is 1.24 bits per heavy atom. The summed E-state index contributed by atoms with van der Waals surface area (Å²) in [5, 5.41) is 0. The molecule has 0 atom stereocenters. The van der Waals surface area contributed by atoms with Crippen molar-refractivity contribution >= 4 is 5.78 Å². The zero-order valence-corrected chi connectivity index (χ0v) is 10.3. The van der Waals surface area contributed by atoms with Crippen molar-refractivity contribution in [3.63, 3.8) is 0 Å². The van der Waals surface area contributed by atoms with E-state index in [1.165, 1.54) is 5.56 Å². The molecule has 1 fully saturated rings. The van der Waals surface area contributed by atoms with E-state index < -0.39 is 0 Å². The summed E-state index contributed by atoms with van der Waals surface area (Å²) in [5.74, 6) is 1.35. The SMILES string of the molecule is Cc1ccccc1OCCN1CCC(=O)CC1. The van der Waals surface area contributed by atoms with Crippen molar-refractivity contribution in [2.24, 2.45) is 0 Å². The number of rotatable bonds is 4. The number of likely N-dealkylation sites (tertiary alicyclic amines) is 1. The van der Waals surface area contributed by atoms with Crippen molar-refractivity contribution in [2.75, 3.05) is 26.2 Å². The number of benzene rings is 1. The number of carbonyl (C=O) groups excluding carboxylic acids is 1. The summed E-state index contributed by atoms with van der Waals surface area (Å²) >= 11 is 0. The second-order valence-corrected chi connectivity index (χ2v) is 4.49. The lowest BCUT2D eigenvalue weighted by atomic mass is 10.1. The van der Waals surface area contributed by atoms with Gasteiger partial charge in [0.25, 0.3) is 0 Å². The molecule has 0 spiro atoms. The Labute approximate surface area is 102 Å². The maximum absolute atomic E-state index is 11.1. The Morgan fingerprint density at radius 2 is 1.94 bits per heavy atom. The van der Waals surface area contributed by atoms with E-state index in [1.54, 1.807) is 0 Å². The summed E-state index contributed by atoms with van der Waals surface area (Å²) in [6, 6.07) is 8.05. The van der Waals surface area contributed by atoms with Gasteiger partial charge in [0.2, 0.25) is 0 Å². The summed E-state index contributed by atoms with van der Waals surface area (Å²) in [6.07, 6.45) is 1.40. The minimum atomic E-state index is 0.390. The van der Waals surface area contributed by atoms with Gasteiger partial charge in [0.05, 0.1) is 0 Å². The van der Waals surface area contributed by atoms with Gasteiger partial charge >= 0.3 is 0 Å². The summed E-state index contributed by atoms with van der Waals surface area (Å²) in [7, 11) is 0. The van der Waals surface area contributed by atoms with Gasteiger partial charge in [-0.1, -0.05) is 18.2 Å². The van der Waals surface area contributed by atoms with Crippen LogP contribution in [0.2, 0.25) is 0 Å². The second-order valence-electron chi connectivity index (χ2n) is 4.49. The van der Waals surface area contributed by atoms with Gasteiger partial charge in [0, 0.05) is 32.5 Å². The first-order valence-corrected chi connectivity index (χ1v) is 6.18. The number of ether oxygens (including phenoxy) is 1. The van der Waals surface area contributed by atoms with Crippen molar-refractivity contribution in [1.29, 1.82) is 0 Å². The van der Waals surface area contributed by atoms with Crippen LogP contribution < -0.4 is 4.74 Å². The maximum Gasteiger partial charge on any atom is 0.135 e. The molecule has 1 aliphatic rings. The van der Waals surface area contributed by atoms with Crippen LogP contribution in [0, 0.1) is 6.92 Å². The number of nitrogens with zero attached hydrogens (tertiary/aromatic N) is 1. The van der Waals surface area contributed by atoms with E-state index in [0.717, 1.165) is 25.4 Å². The Bertz CT molecular complexity index is 380. The molecule has 17 heavy (non-hydrogen) atoms. The smallest absolute Gasteiger partial charge is 0.135 e. The van der Waals surface area contributed by atoms with Crippen LogP contribution in [0.15, 0.2) is 24.3 Å². The number of Topliss-reactive ketones (excluding diaryl/α,β-unsaturated/α-hetero) is 1. The number of aryl methyl sites for hydroxylation is 1. The lowest BCUT2D eigenvalue weighted by molar-refractivity contribution is -0.121. The fourth-order valence-electron chi connectivity index (χ4n) is 2.03. The minimum absolute atomic E-state index is 0.390. The zero-order chi connectivity index (χ0) is 12.1. The molecular weight excluding hydrogens is 214 g/mol. The van der Waals surface area contributed by atoms with Crippen LogP contribution in [-0.2, 0) is 4.79 Å². The van der Waals surface area contributed by atoms with Crippen LogP contribution in [0.1, 0.15) is 18.4 Å². The largest absolute Gasteiger partial charge is 0.492 e. The molecule has 1 heterocycles. The Hall–Kier alpha value is -1.35. The molecule has 0 saturated carbocycles. The van der Waals surface area contributed by atoms with Gasteiger partial charge in [-0.15, -0.1) is 0 Å². The normalized spacial score (nSPS) is 17.1. The Kier molecular flexibility index (Phi) is 4.15. The van der Waals surface area contributed by atoms with Gasteiger partial charge in [-0.3, -0.25) is 9.69 Å². The molecule has 0 amide bonds. The number of hydrogen-bond donors (Lipinski definition) is 0. The highest BCUT2D eigenvalue weighted by atomic mass is 16.5. The number of hydrogen-bond acceptors (Lipinski definition) is 3. The first-order chi connectivity index (χ1) is 8.25. The van der Waals surface area contributed by atoms with Crippen molar-refractivity contribution < 1.29 is 9.53 Å². The van der Waals surface area contributed by atoms with Gasteiger partial charge < -0.3 is 4.74 Å². The summed E-state index contributed by atoms with van der Waals surface area (Å²) < 4.78 is 5.74. The van der Waals surface area contributed by atoms with Gasteiger partial charge in [0.15, 0.2) is 0 Å². The molecule has 1 saturated heterocycles. The molecule has 92 valence electrons. The number of piperidine rings is 1. The van der Waals surface area contributed by atoms with Crippen LogP contribution in [-0.4, -0.2) is 36.9 Å². The standard InChI is InChI=1S/C14H19NO2/c1-12-4-2-3-5-14(12)17-11-10-15-8-6-13(16)7-9-15/h2-5H,6-11H2,1H3. The topological polar surface area (TPSA) is 29.5 Å². The third-order valence-electron chi connectivity index (χ3n) is 3.17. The Morgan fingerprint density at radius 3 is 2.65 bits per heavy atom. The van der Waals surface area contributed by atoms with E-state index in [2.05, 4.69) is 17.9 Å². The highest BCUT2D eigenvalue weighted by Gasteiger charge is 2.15. The third-order valence-corrected chi connectivity index (χ3v) is 3.17. The zero-order valence-electron chi connectivity index (χ0n) is 10.3. The molecular formula is C14H19NO2. The van der Waals surface area contributed by atoms with Crippen molar-refractivity contribution in [3.8, 4) is 5.75 Å². The summed E-state index contributed by atoms with van der Waals surface area (Å²) in [4.78, 5) is 13.4. The van der Waals surface area contributed by atoms with E-state index in [0.29, 0.717) is 25.2 Å². The van der Waals surface area contributed by atoms with Gasteiger partial charge in [0.1, 0.15) is 18.1 Å². The molecule has 3 nitrogen and oxygen atoms in total. The second kappa shape index (κ2) is 5.82. The molecule has 3 heteroatoms. The van der Waals surface area contributed by atoms with Crippen molar-refractivity contribution in [3.05, 3.63) is 29.8 Å². The lowest BCUT2D eigenvalue weighted by Crippen LogP contribution is -2.36. The monoisotopic (exact) mass is 233 g/mol. The minimum Gasteiger partial charge on any atom is -0.492 e. The fraction of sp³-hybridized carbons (Fsp3) is 0.500. The molecule has 1 aromatic carbocycles. The average Bonchev–Trinajstić information content (AvgIpc) is 2.34. The van der Waals surface area contributed by atoms with Gasteiger partial charge in [-0.2, -0.15) is 0 Å². The molecule has 1 aliphatic heterocycles. The van der Waals surface area contributed by atoms with Gasteiger partial charge in [-0.25, -0.2) is 0 Å². The highest BCUT2D eigenvalue weighted by molar-refractivity contribution is 5.79. The van der Waals surface area contributed by atoms with Crippen molar-refractivity contribution in [2.45, 2.75) is 19.8 Å². The molecule has 0 radical (unpaired) electrons. The molecule has 0 aromatic heterocycles. The first kappa shape index (κ1) is 12.1. The van der Waals surface area contributed by atoms with E-state index >= 15 is 0 Å². The molecule has 0 aliphatic carbocycles. The van der Waals surface area contributed by atoms with Crippen molar-refractivity contribution in [1.82, 2.24) is 4.90 Å². The number of ketones is 1. The fourth-order valence-corrected chi connectivity index (χ4v) is 2.03. The Balaban J connectivity index is 1.73. The van der Waals surface area contributed by atoms with E-state index in [-0.39, 0.29) is 0 Å². The molecule has 0 N–H and O–H groups in total. The maximum atomic E-state index is 11.1. The highest BCUT2D eigenvalue weighted by Crippen LogP contribution is 2.16. The average molecular weight is 233 g/mol. The predicted molar refractivity (Wildman–Crippen MR) is 67.4 cm³/mol. The van der Waals surface area contributed by atoms with E-state index in [9.17, 15) is 4.79 Å². The number of para-hydroxylation sites is 1. The molecule has 1 aromatic rings. The van der Waals surface area contributed by atoms with Crippen LogP contribution in [0.5, 0.6) is 5.75 Å². The molecule has 0 unspecified atom stereocenters. The third kappa shape index (κ3) is 3.56. The summed E-state index contributed by atoms with van der Waals surface area (Å²) in [5.41, 5.74) is 1.17. The predicted octanol–water partition coefficient (Wildman–Crippen LogP) is 2.04. The summed E-state index contributed by atoms with van der Waals surface area (Å²) in [6.45, 7) is 5.42. The molecule has 0 bridgehead atoms. The van der Waals surface area contributed by atoms with Crippen LogP contribution in [0.25, 0.3) is 0 Å². The lowest BCUT2D eigenvalue weighted by Gasteiger charge is -2.25. The van der Waals surface area contributed by atoms with Gasteiger partial charge in [-0.05, 0) is 18.6 Å². The first-order valence-electron chi connectivity index (χ1n) is 6.18. The van der Waals surface area contributed by atoms with E-state index in [4.69, 9.17) is 4.74 Å². The quantitative estimate of drug-likeness (QED) is 0.797. The van der Waals surface area contributed by atoms with E-state index in [1.807, 2.05) is 18.2 Å². The van der Waals surface area contributed by atoms with Crippen LogP contribution in [0.4, 0.5) is 0 Å². The number of carbonyl (C=O) groups is 1. The van der Waals surface area contributed by atoms with Crippen LogP contribution >= 0.6 is 0 Å².